The van der Waals surface area contributed by atoms with Crippen molar-refractivity contribution in [2.24, 2.45) is 0 Å². The van der Waals surface area contributed by atoms with Gasteiger partial charge >= 0.3 is 0 Å². The predicted molar refractivity (Wildman–Crippen MR) is 301 cm³/mol. The Morgan fingerprint density at radius 1 is 0.466 bits per heavy atom. The van der Waals surface area contributed by atoms with Crippen molar-refractivity contribution in [3.63, 3.8) is 0 Å². The highest BCUT2D eigenvalue weighted by Gasteiger charge is 2.53. The molecule has 1 aliphatic heterocycles. The lowest BCUT2D eigenvalue weighted by molar-refractivity contribution is 0.481. The average molecular weight is 943 g/mol. The maximum absolute atomic E-state index is 7.31. The van der Waals surface area contributed by atoms with Crippen LogP contribution in [-0.4, -0.2) is 16.2 Å². The lowest BCUT2D eigenvalue weighted by Crippen LogP contribution is -2.40. The van der Waals surface area contributed by atoms with E-state index in [9.17, 15) is 0 Å². The number of nitrogens with zero attached hydrogens (tertiary/aromatic N) is 4. The third-order valence-corrected chi connectivity index (χ3v) is 16.1. The van der Waals surface area contributed by atoms with Crippen LogP contribution in [0.4, 0.5) is 22.7 Å². The van der Waals surface area contributed by atoms with E-state index in [-0.39, 0.29) is 10.8 Å². The summed E-state index contributed by atoms with van der Waals surface area (Å²) in [6.45, 7) is 12.2. The molecule has 0 unspecified atom stereocenters. The molecule has 2 aromatic heterocycles. The van der Waals surface area contributed by atoms with Crippen molar-refractivity contribution in [2.75, 3.05) is 16.5 Å². The Morgan fingerprint density at radius 2 is 1.03 bits per heavy atom. The second-order valence-electron chi connectivity index (χ2n) is 21.5. The Kier molecular flexibility index (Phi) is 9.41. The van der Waals surface area contributed by atoms with Crippen LogP contribution >= 0.6 is 0 Å². The predicted octanol–water partition coefficient (Wildman–Crippen LogP) is 17.2. The highest BCUT2D eigenvalue weighted by Crippen LogP contribution is 2.63. The minimum absolute atomic E-state index is 0.0577. The van der Waals surface area contributed by atoms with Crippen LogP contribution in [0.15, 0.2) is 225 Å². The molecule has 5 heteroatoms. The van der Waals surface area contributed by atoms with Crippen molar-refractivity contribution in [2.45, 2.75) is 50.9 Å². The highest BCUT2D eigenvalue weighted by atomic mass is 16.5. The van der Waals surface area contributed by atoms with Crippen molar-refractivity contribution in [1.29, 1.82) is 0 Å². The molecule has 352 valence electrons. The Balaban J connectivity index is 0.939. The van der Waals surface area contributed by atoms with Crippen LogP contribution in [0.5, 0.6) is 11.5 Å². The van der Waals surface area contributed by atoms with Gasteiger partial charge < -0.3 is 14.5 Å². The van der Waals surface area contributed by atoms with E-state index in [1.165, 1.54) is 77.7 Å². The summed E-state index contributed by atoms with van der Waals surface area (Å²) in [5, 5.41) is 2.52. The summed E-state index contributed by atoms with van der Waals surface area (Å²) in [7, 11) is 0. The van der Waals surface area contributed by atoms with Crippen molar-refractivity contribution in [3.05, 3.63) is 264 Å². The number of pyridine rings is 1. The van der Waals surface area contributed by atoms with E-state index in [2.05, 4.69) is 267 Å². The minimum atomic E-state index is -0.580. The minimum Gasteiger partial charge on any atom is -0.457 e. The van der Waals surface area contributed by atoms with Gasteiger partial charge in [-0.1, -0.05) is 192 Å². The van der Waals surface area contributed by atoms with Crippen LogP contribution in [-0.2, 0) is 16.2 Å². The summed E-state index contributed by atoms with van der Waals surface area (Å²) < 4.78 is 9.69. The molecule has 5 nitrogen and oxygen atoms in total. The van der Waals surface area contributed by atoms with Crippen molar-refractivity contribution in [1.82, 2.24) is 9.55 Å². The normalized spacial score (nSPS) is 14.8. The lowest BCUT2D eigenvalue weighted by atomic mass is 9.55. The monoisotopic (exact) mass is 942 g/mol. The maximum Gasteiger partial charge on any atom is 0.137 e. The number of aromatic nitrogens is 2. The summed E-state index contributed by atoms with van der Waals surface area (Å²) in [5.41, 5.74) is 19.7. The third-order valence-electron chi connectivity index (χ3n) is 16.1. The van der Waals surface area contributed by atoms with Crippen LogP contribution in [0.25, 0.3) is 49.9 Å². The van der Waals surface area contributed by atoms with Crippen LogP contribution in [0.1, 0.15) is 73.6 Å². The molecule has 0 N–H and O–H groups in total. The Hall–Kier alpha value is -8.67. The molecule has 0 saturated heterocycles. The molecule has 2 aliphatic carbocycles. The topological polar surface area (TPSA) is 33.5 Å². The van der Waals surface area contributed by atoms with E-state index in [4.69, 9.17) is 9.72 Å². The van der Waals surface area contributed by atoms with Gasteiger partial charge in [-0.15, -0.1) is 0 Å². The zero-order valence-electron chi connectivity index (χ0n) is 41.8. The van der Waals surface area contributed by atoms with Gasteiger partial charge in [0.1, 0.15) is 24.0 Å². The largest absolute Gasteiger partial charge is 0.457 e. The Bertz CT molecular complexity index is 3900. The molecule has 0 bridgehead atoms. The van der Waals surface area contributed by atoms with E-state index in [1.807, 2.05) is 6.20 Å². The molecule has 3 heterocycles. The number of para-hydroxylation sites is 3. The number of fused-ring (bicyclic) bond motifs is 7. The second kappa shape index (κ2) is 15.9. The van der Waals surface area contributed by atoms with Gasteiger partial charge in [-0.2, -0.15) is 0 Å². The number of ether oxygens (including phenoxy) is 1. The quantitative estimate of drug-likeness (QED) is 0.159. The molecule has 0 radical (unpaired) electrons. The fraction of sp³-hybridized carbons (Fsp3) is 0.132. The molecular formula is C68H54N4O. The first-order chi connectivity index (χ1) is 35.6. The molecule has 0 atom stereocenters. The molecule has 0 amide bonds. The first kappa shape index (κ1) is 43.1. The lowest BCUT2D eigenvalue weighted by Gasteiger charge is -2.47. The van der Waals surface area contributed by atoms with Gasteiger partial charge in [0.15, 0.2) is 0 Å². The SMILES string of the molecule is CC(C)(C)c1ccnc(-n2c3cccc4c3c3c(cc(Oc5cccc(N6CN(c7c(-c8ccccc8)cccc7-c7ccccc7)c7ccccc76)c5)cc32)C42c3ccccc3C(C)(C)c3ccccc32)c1. The Morgan fingerprint density at radius 3 is 1.68 bits per heavy atom. The number of anilines is 4. The highest BCUT2D eigenvalue weighted by molar-refractivity contribution is 6.18. The number of hydrogen-bond donors (Lipinski definition) is 0. The zero-order valence-corrected chi connectivity index (χ0v) is 41.8. The summed E-state index contributed by atoms with van der Waals surface area (Å²) >= 11 is 0. The number of hydrogen-bond acceptors (Lipinski definition) is 4. The number of benzene rings is 9. The van der Waals surface area contributed by atoms with Crippen LogP contribution < -0.4 is 14.5 Å². The Labute approximate surface area is 427 Å². The van der Waals surface area contributed by atoms with E-state index in [0.29, 0.717) is 6.67 Å². The molecule has 0 fully saturated rings. The van der Waals surface area contributed by atoms with Crippen molar-refractivity contribution in [3.8, 4) is 39.6 Å². The molecule has 73 heavy (non-hydrogen) atoms. The molecule has 14 rings (SSSR count). The molecule has 9 aromatic carbocycles. The van der Waals surface area contributed by atoms with E-state index in [0.717, 1.165) is 45.4 Å². The van der Waals surface area contributed by atoms with Gasteiger partial charge in [0.05, 0.1) is 33.5 Å². The molecular weight excluding hydrogens is 889 g/mol. The maximum atomic E-state index is 7.31. The molecule has 3 aliphatic rings. The third kappa shape index (κ3) is 6.31. The van der Waals surface area contributed by atoms with Gasteiger partial charge in [-0.25, -0.2) is 4.98 Å². The standard InChI is InChI=1S/C68H54N4O/c1-66(2,3)46-37-38-69-62(39-46)72-60-36-20-33-56-63(60)64-57(68(56)54-31-14-12-29-52(54)67(4,5)53-30-13-15-32-55(53)68)41-49(42-61(64)72)73-48-26-18-25-47(40-48)70-43-71(59-35-17-16-34-58(59)70)65-50(44-21-8-6-9-22-44)27-19-28-51(65)45-23-10-7-11-24-45/h6-42H,43H2,1-5H3. The van der Waals surface area contributed by atoms with Gasteiger partial charge in [-0.3, -0.25) is 4.57 Å². The van der Waals surface area contributed by atoms with E-state index < -0.39 is 5.41 Å². The van der Waals surface area contributed by atoms with Crippen molar-refractivity contribution >= 4 is 44.6 Å². The second-order valence-corrected chi connectivity index (χ2v) is 21.5. The first-order valence-corrected chi connectivity index (χ1v) is 25.6. The average Bonchev–Trinajstić information content (AvgIpc) is 4.10. The van der Waals surface area contributed by atoms with Gasteiger partial charge in [0.2, 0.25) is 0 Å². The summed E-state index contributed by atoms with van der Waals surface area (Å²) in [6.07, 6.45) is 1.97. The first-order valence-electron chi connectivity index (χ1n) is 25.6. The van der Waals surface area contributed by atoms with Gasteiger partial charge in [-0.05, 0) is 104 Å². The molecule has 0 saturated carbocycles. The van der Waals surface area contributed by atoms with Crippen LogP contribution in [0, 0.1) is 0 Å². The van der Waals surface area contributed by atoms with Gasteiger partial charge in [0.25, 0.3) is 0 Å². The summed E-state index contributed by atoms with van der Waals surface area (Å²) in [5.74, 6) is 2.44. The van der Waals surface area contributed by atoms with E-state index >= 15 is 0 Å². The summed E-state index contributed by atoms with van der Waals surface area (Å²) in [6, 6.07) is 79.9. The van der Waals surface area contributed by atoms with Gasteiger partial charge in [0, 0.05) is 51.3 Å². The van der Waals surface area contributed by atoms with Crippen LogP contribution in [0.2, 0.25) is 0 Å². The van der Waals surface area contributed by atoms with Crippen molar-refractivity contribution < 1.29 is 4.74 Å². The number of rotatable bonds is 7. The summed E-state index contributed by atoms with van der Waals surface area (Å²) in [4.78, 5) is 10.0. The fourth-order valence-electron chi connectivity index (χ4n) is 12.8. The smallest absolute Gasteiger partial charge is 0.137 e. The molecule has 1 spiro atoms. The zero-order chi connectivity index (χ0) is 49.2. The van der Waals surface area contributed by atoms with E-state index in [1.54, 1.807) is 0 Å². The fourth-order valence-corrected chi connectivity index (χ4v) is 12.8. The van der Waals surface area contributed by atoms with Crippen LogP contribution in [0.3, 0.4) is 0 Å². The molecule has 11 aromatic rings.